The highest BCUT2D eigenvalue weighted by molar-refractivity contribution is 6.05. The summed E-state index contributed by atoms with van der Waals surface area (Å²) in [4.78, 5) is 12.8. The van der Waals surface area contributed by atoms with Gasteiger partial charge in [0.15, 0.2) is 0 Å². The Morgan fingerprint density at radius 1 is 1.06 bits per heavy atom. The van der Waals surface area contributed by atoms with Gasteiger partial charge >= 0.3 is 0 Å². The lowest BCUT2D eigenvalue weighted by molar-refractivity contribution is -0.111. The molecule has 1 heterocycles. The molecule has 0 fully saturated rings. The first-order chi connectivity index (χ1) is 15.5. The third-order valence-corrected chi connectivity index (χ3v) is 6.28. The van der Waals surface area contributed by atoms with E-state index in [0.717, 1.165) is 51.1 Å². The van der Waals surface area contributed by atoms with Crippen LogP contribution in [0.1, 0.15) is 34.7 Å². The van der Waals surface area contributed by atoms with E-state index in [2.05, 4.69) is 41.7 Å². The number of carbonyl (C=O) groups is 1. The number of methoxy groups -OCH3 is 1. The molecular formula is C28H25NO3. The van der Waals surface area contributed by atoms with Crippen LogP contribution in [0, 0.1) is 13.8 Å². The normalized spacial score (nSPS) is 12.6. The Bertz CT molecular complexity index is 1410. The second-order valence-electron chi connectivity index (χ2n) is 8.40. The maximum absolute atomic E-state index is 12.8. The molecule has 160 valence electrons. The molecule has 0 atom stereocenters. The van der Waals surface area contributed by atoms with Crippen molar-refractivity contribution in [3.63, 3.8) is 0 Å². The smallest absolute Gasteiger partial charge is 0.248 e. The van der Waals surface area contributed by atoms with Gasteiger partial charge in [-0.1, -0.05) is 30.3 Å². The molecule has 1 aliphatic carbocycles. The lowest BCUT2D eigenvalue weighted by Crippen LogP contribution is -2.09. The van der Waals surface area contributed by atoms with Gasteiger partial charge in [-0.15, -0.1) is 0 Å². The van der Waals surface area contributed by atoms with Crippen molar-refractivity contribution in [2.24, 2.45) is 0 Å². The molecule has 3 aromatic carbocycles. The predicted molar refractivity (Wildman–Crippen MR) is 129 cm³/mol. The second-order valence-corrected chi connectivity index (χ2v) is 8.40. The van der Waals surface area contributed by atoms with Gasteiger partial charge < -0.3 is 14.5 Å². The van der Waals surface area contributed by atoms with Gasteiger partial charge in [-0.05, 0) is 78.8 Å². The Balaban J connectivity index is 1.42. The Morgan fingerprint density at radius 3 is 2.66 bits per heavy atom. The highest BCUT2D eigenvalue weighted by atomic mass is 16.5. The predicted octanol–water partition coefficient (Wildman–Crippen LogP) is 6.67. The zero-order chi connectivity index (χ0) is 22.4. The van der Waals surface area contributed by atoms with Crippen LogP contribution in [0.2, 0.25) is 0 Å². The second kappa shape index (κ2) is 7.72. The quantitative estimate of drug-likeness (QED) is 0.328. The molecule has 0 bridgehead atoms. The molecule has 0 aliphatic heterocycles. The van der Waals surface area contributed by atoms with Crippen molar-refractivity contribution >= 4 is 28.1 Å². The van der Waals surface area contributed by atoms with E-state index < -0.39 is 0 Å². The third kappa shape index (κ3) is 3.28. The number of nitrogens with one attached hydrogen (secondary N) is 1. The maximum Gasteiger partial charge on any atom is 0.248 e. The van der Waals surface area contributed by atoms with Crippen LogP contribution in [0.5, 0.6) is 5.75 Å². The van der Waals surface area contributed by atoms with Crippen LogP contribution in [-0.4, -0.2) is 13.0 Å². The summed E-state index contributed by atoms with van der Waals surface area (Å²) in [7, 11) is 1.64. The molecule has 4 aromatic rings. The fourth-order valence-electron chi connectivity index (χ4n) is 4.67. The maximum atomic E-state index is 12.8. The average Bonchev–Trinajstić information content (AvgIpc) is 3.33. The van der Waals surface area contributed by atoms with Crippen molar-refractivity contribution in [2.45, 2.75) is 27.2 Å². The number of fused-ring (bicyclic) bond motifs is 4. The summed E-state index contributed by atoms with van der Waals surface area (Å²) in [6, 6.07) is 16.6. The summed E-state index contributed by atoms with van der Waals surface area (Å²) in [6.45, 7) is 5.92. The van der Waals surface area contributed by atoms with Gasteiger partial charge in [-0.25, -0.2) is 0 Å². The number of benzene rings is 3. The van der Waals surface area contributed by atoms with Gasteiger partial charge in [0.1, 0.15) is 11.3 Å². The van der Waals surface area contributed by atoms with Crippen LogP contribution in [0.4, 0.5) is 5.69 Å². The molecule has 32 heavy (non-hydrogen) atoms. The molecule has 4 heteroatoms. The summed E-state index contributed by atoms with van der Waals surface area (Å²) >= 11 is 0. The zero-order valence-corrected chi connectivity index (χ0v) is 18.7. The van der Waals surface area contributed by atoms with E-state index in [1.54, 1.807) is 19.4 Å². The topological polar surface area (TPSA) is 51.5 Å². The molecule has 1 amide bonds. The number of hydrogen-bond acceptors (Lipinski definition) is 3. The van der Waals surface area contributed by atoms with Crippen LogP contribution in [0.15, 0.2) is 65.3 Å². The highest BCUT2D eigenvalue weighted by Gasteiger charge is 2.19. The molecule has 0 spiro atoms. The number of furan rings is 1. The van der Waals surface area contributed by atoms with Crippen molar-refractivity contribution in [3.8, 4) is 16.9 Å². The fourth-order valence-corrected chi connectivity index (χ4v) is 4.67. The SMILES string of the molecule is COc1c(/C(C)=C/C(=O)Nc2ccc3c(c2)Cc2ccccc2-3)cc2c(C)coc2c1C. The number of anilines is 1. The van der Waals surface area contributed by atoms with E-state index in [0.29, 0.717) is 0 Å². The van der Waals surface area contributed by atoms with Gasteiger partial charge in [0.2, 0.25) is 5.91 Å². The van der Waals surface area contributed by atoms with Crippen LogP contribution in [0.25, 0.3) is 27.7 Å². The summed E-state index contributed by atoms with van der Waals surface area (Å²) in [5.74, 6) is 0.561. The number of allylic oxidation sites excluding steroid dienone is 1. The van der Waals surface area contributed by atoms with E-state index in [1.807, 2.05) is 32.9 Å². The van der Waals surface area contributed by atoms with Crippen LogP contribution >= 0.6 is 0 Å². The molecule has 0 radical (unpaired) electrons. The van der Waals surface area contributed by atoms with Crippen molar-refractivity contribution in [1.82, 2.24) is 0 Å². The monoisotopic (exact) mass is 423 g/mol. The molecule has 1 aliphatic rings. The first-order valence-electron chi connectivity index (χ1n) is 10.7. The first kappa shape index (κ1) is 20.1. The number of rotatable bonds is 4. The summed E-state index contributed by atoms with van der Waals surface area (Å²) in [5.41, 5.74) is 10.4. The van der Waals surface area contributed by atoms with Crippen molar-refractivity contribution in [1.29, 1.82) is 0 Å². The largest absolute Gasteiger partial charge is 0.496 e. The molecule has 0 saturated carbocycles. The minimum absolute atomic E-state index is 0.165. The number of amides is 1. The lowest BCUT2D eigenvalue weighted by Gasteiger charge is -2.13. The van der Waals surface area contributed by atoms with Gasteiger partial charge in [0.25, 0.3) is 0 Å². The summed E-state index contributed by atoms with van der Waals surface area (Å²) in [6.07, 6.45) is 4.27. The lowest BCUT2D eigenvalue weighted by atomic mass is 9.98. The minimum atomic E-state index is -0.165. The summed E-state index contributed by atoms with van der Waals surface area (Å²) < 4.78 is 11.4. The van der Waals surface area contributed by atoms with Crippen LogP contribution in [-0.2, 0) is 11.2 Å². The Kier molecular flexibility index (Phi) is 4.86. The molecule has 1 N–H and O–H groups in total. The van der Waals surface area contributed by atoms with Crippen LogP contribution < -0.4 is 10.1 Å². The van der Waals surface area contributed by atoms with E-state index in [9.17, 15) is 4.79 Å². The number of ether oxygens (including phenoxy) is 1. The number of carbonyl (C=O) groups excluding carboxylic acids is 1. The van der Waals surface area contributed by atoms with Crippen molar-refractivity contribution in [2.75, 3.05) is 12.4 Å². The van der Waals surface area contributed by atoms with E-state index in [1.165, 1.54) is 22.3 Å². The Morgan fingerprint density at radius 2 is 1.84 bits per heavy atom. The molecule has 1 aromatic heterocycles. The van der Waals surface area contributed by atoms with E-state index in [-0.39, 0.29) is 5.91 Å². The van der Waals surface area contributed by atoms with Gasteiger partial charge in [0, 0.05) is 28.3 Å². The van der Waals surface area contributed by atoms with Crippen molar-refractivity contribution in [3.05, 3.63) is 88.7 Å². The van der Waals surface area contributed by atoms with E-state index >= 15 is 0 Å². The molecule has 0 saturated heterocycles. The Labute approximate surface area is 187 Å². The fraction of sp³-hybridized carbons (Fsp3) is 0.179. The molecule has 5 rings (SSSR count). The third-order valence-electron chi connectivity index (χ3n) is 6.28. The number of hydrogen-bond donors (Lipinski definition) is 1. The summed E-state index contributed by atoms with van der Waals surface area (Å²) in [5, 5.41) is 4.05. The average molecular weight is 424 g/mol. The van der Waals surface area contributed by atoms with Gasteiger partial charge in [0.05, 0.1) is 13.4 Å². The van der Waals surface area contributed by atoms with Gasteiger partial charge in [-0.2, -0.15) is 0 Å². The van der Waals surface area contributed by atoms with E-state index in [4.69, 9.17) is 9.15 Å². The zero-order valence-electron chi connectivity index (χ0n) is 18.7. The highest BCUT2D eigenvalue weighted by Crippen LogP contribution is 2.39. The van der Waals surface area contributed by atoms with Crippen molar-refractivity contribution < 1.29 is 13.9 Å². The standard InChI is InChI=1S/C28H25NO3/c1-16(24-14-25-17(2)15-32-28(25)18(3)27(24)31-4)11-26(30)29-21-9-10-23-20(13-21)12-19-7-5-6-8-22(19)23/h5-11,13-15H,12H2,1-4H3,(H,29,30)/b16-11+. The first-order valence-corrected chi connectivity index (χ1v) is 10.7. The van der Waals surface area contributed by atoms with Crippen LogP contribution in [0.3, 0.4) is 0 Å². The number of aryl methyl sites for hydroxylation is 2. The van der Waals surface area contributed by atoms with Gasteiger partial charge in [-0.3, -0.25) is 4.79 Å². The molecule has 4 nitrogen and oxygen atoms in total. The Hall–Kier alpha value is -3.79. The molecular weight excluding hydrogens is 398 g/mol. The minimum Gasteiger partial charge on any atom is -0.496 e. The molecule has 0 unspecified atom stereocenters.